The predicted octanol–water partition coefficient (Wildman–Crippen LogP) is 3.51. The lowest BCUT2D eigenvalue weighted by Gasteiger charge is -2.40. The molecular weight excluding hydrogens is 470 g/mol. The molecule has 4 heterocycles. The average molecular weight is 508 g/mol. The van der Waals surface area contributed by atoms with Crippen molar-refractivity contribution < 1.29 is 19.0 Å². The van der Waals surface area contributed by atoms with Crippen LogP contribution in [0.1, 0.15) is 37.9 Å². The van der Waals surface area contributed by atoms with Gasteiger partial charge in [-0.05, 0) is 39.7 Å². The van der Waals surface area contributed by atoms with E-state index in [9.17, 15) is 4.79 Å². The molecule has 0 atom stereocenters. The van der Waals surface area contributed by atoms with Crippen LogP contribution in [-0.2, 0) is 20.7 Å². The summed E-state index contributed by atoms with van der Waals surface area (Å²) in [5, 5.41) is 0. The lowest BCUT2D eigenvalue weighted by Crippen LogP contribution is -2.49. The first-order valence-electron chi connectivity index (χ1n) is 13.2. The highest BCUT2D eigenvalue weighted by molar-refractivity contribution is 5.83. The minimum Gasteiger partial charge on any atom is -0.496 e. The highest BCUT2D eigenvalue weighted by atomic mass is 16.5. The molecule has 2 saturated heterocycles. The molecular formula is C28H37N5O4. The Hall–Kier alpha value is -3.17. The van der Waals surface area contributed by atoms with Crippen molar-refractivity contribution in [1.82, 2.24) is 19.3 Å². The number of aromatic nitrogens is 3. The number of hydrogen-bond acceptors (Lipinski definition) is 8. The molecule has 0 bridgehead atoms. The van der Waals surface area contributed by atoms with Crippen molar-refractivity contribution in [3.63, 3.8) is 0 Å². The Labute approximate surface area is 218 Å². The third-order valence-electron chi connectivity index (χ3n) is 7.29. The Morgan fingerprint density at radius 2 is 1.92 bits per heavy atom. The van der Waals surface area contributed by atoms with Gasteiger partial charge in [0, 0.05) is 55.7 Å². The zero-order chi connectivity index (χ0) is 25.9. The number of imidazole rings is 1. The molecule has 1 aromatic carbocycles. The minimum absolute atomic E-state index is 0.150. The van der Waals surface area contributed by atoms with Crippen LogP contribution in [0, 0.1) is 6.92 Å². The molecule has 2 aliphatic rings. The Morgan fingerprint density at radius 3 is 2.62 bits per heavy atom. The standard InChI is InChI=1S/C28H37N5O4/c1-19(2)37-25(34)18-21-5-6-22(17-24(21)35-4)26-27-20(3)29-9-12-33(27)28(30-26)32-10-7-23(8-11-32)31-13-15-36-16-14-31/h5-6,9,12,17,19,23H,7-8,10-11,13-16,18H2,1-4H3. The van der Waals surface area contributed by atoms with Crippen molar-refractivity contribution in [3.05, 3.63) is 41.9 Å². The summed E-state index contributed by atoms with van der Waals surface area (Å²) in [5.74, 6) is 1.32. The van der Waals surface area contributed by atoms with Gasteiger partial charge in [0.2, 0.25) is 5.95 Å². The molecule has 0 unspecified atom stereocenters. The van der Waals surface area contributed by atoms with E-state index in [4.69, 9.17) is 19.2 Å². The number of piperidine rings is 1. The highest BCUT2D eigenvalue weighted by Gasteiger charge is 2.28. The van der Waals surface area contributed by atoms with Gasteiger partial charge >= 0.3 is 5.97 Å². The molecule has 9 heteroatoms. The molecule has 0 spiro atoms. The normalized spacial score (nSPS) is 17.5. The lowest BCUT2D eigenvalue weighted by molar-refractivity contribution is -0.146. The van der Waals surface area contributed by atoms with E-state index in [1.165, 1.54) is 0 Å². The fourth-order valence-electron chi connectivity index (χ4n) is 5.48. The fourth-order valence-corrected chi connectivity index (χ4v) is 5.48. The summed E-state index contributed by atoms with van der Waals surface area (Å²) in [6.07, 6.45) is 6.07. The minimum atomic E-state index is -0.267. The van der Waals surface area contributed by atoms with Gasteiger partial charge in [-0.25, -0.2) is 4.98 Å². The van der Waals surface area contributed by atoms with E-state index in [2.05, 4.69) is 19.2 Å². The zero-order valence-corrected chi connectivity index (χ0v) is 22.3. The number of benzene rings is 1. The second kappa shape index (κ2) is 11.1. The van der Waals surface area contributed by atoms with Crippen LogP contribution in [0.15, 0.2) is 30.6 Å². The van der Waals surface area contributed by atoms with Gasteiger partial charge in [-0.3, -0.25) is 19.1 Å². The Bertz CT molecular complexity index is 1240. The number of morpholine rings is 1. The number of aryl methyl sites for hydroxylation is 1. The number of ether oxygens (including phenoxy) is 3. The first-order valence-corrected chi connectivity index (χ1v) is 13.2. The van der Waals surface area contributed by atoms with Crippen LogP contribution in [0.3, 0.4) is 0 Å². The van der Waals surface area contributed by atoms with Crippen LogP contribution in [0.5, 0.6) is 5.75 Å². The molecule has 0 N–H and O–H groups in total. The molecule has 0 saturated carbocycles. The van der Waals surface area contributed by atoms with Crippen molar-refractivity contribution in [3.8, 4) is 17.0 Å². The number of esters is 1. The molecule has 3 aromatic rings. The SMILES string of the molecule is COc1cc(-c2nc(N3CCC(N4CCOCC4)CC3)n3ccnc(C)c23)ccc1CC(=O)OC(C)C. The molecule has 37 heavy (non-hydrogen) atoms. The Morgan fingerprint density at radius 1 is 1.16 bits per heavy atom. The number of anilines is 1. The maximum atomic E-state index is 12.3. The van der Waals surface area contributed by atoms with Gasteiger partial charge < -0.3 is 19.1 Å². The van der Waals surface area contributed by atoms with Crippen LogP contribution >= 0.6 is 0 Å². The van der Waals surface area contributed by atoms with Gasteiger partial charge in [0.1, 0.15) is 11.4 Å². The smallest absolute Gasteiger partial charge is 0.310 e. The summed E-state index contributed by atoms with van der Waals surface area (Å²) in [6, 6.07) is 6.50. The summed E-state index contributed by atoms with van der Waals surface area (Å²) in [7, 11) is 1.62. The predicted molar refractivity (Wildman–Crippen MR) is 142 cm³/mol. The zero-order valence-electron chi connectivity index (χ0n) is 22.3. The van der Waals surface area contributed by atoms with Gasteiger partial charge in [-0.1, -0.05) is 12.1 Å². The third kappa shape index (κ3) is 5.43. The maximum absolute atomic E-state index is 12.3. The summed E-state index contributed by atoms with van der Waals surface area (Å²) >= 11 is 0. The van der Waals surface area contributed by atoms with E-state index in [-0.39, 0.29) is 18.5 Å². The molecule has 0 amide bonds. The van der Waals surface area contributed by atoms with Crippen LogP contribution < -0.4 is 9.64 Å². The summed E-state index contributed by atoms with van der Waals surface area (Å²) in [4.78, 5) is 26.9. The van der Waals surface area contributed by atoms with E-state index < -0.39 is 0 Å². The van der Waals surface area contributed by atoms with Crippen molar-refractivity contribution >= 4 is 17.4 Å². The molecule has 9 nitrogen and oxygen atoms in total. The molecule has 0 radical (unpaired) electrons. The van der Waals surface area contributed by atoms with Gasteiger partial charge in [0.05, 0.1) is 44.1 Å². The third-order valence-corrected chi connectivity index (χ3v) is 7.29. The molecule has 198 valence electrons. The van der Waals surface area contributed by atoms with E-state index in [1.54, 1.807) is 7.11 Å². The number of nitrogens with zero attached hydrogens (tertiary/aromatic N) is 5. The fraction of sp³-hybridized carbons (Fsp3) is 0.536. The number of rotatable bonds is 7. The van der Waals surface area contributed by atoms with Crippen molar-refractivity contribution in [1.29, 1.82) is 0 Å². The molecule has 2 fully saturated rings. The first kappa shape index (κ1) is 25.5. The average Bonchev–Trinajstić information content (AvgIpc) is 3.30. The van der Waals surface area contributed by atoms with Crippen LogP contribution in [0.4, 0.5) is 5.95 Å². The quantitative estimate of drug-likeness (QED) is 0.450. The second-order valence-electron chi connectivity index (χ2n) is 10.1. The van der Waals surface area contributed by atoms with Crippen LogP contribution in [0.25, 0.3) is 16.8 Å². The van der Waals surface area contributed by atoms with Gasteiger partial charge in [-0.15, -0.1) is 0 Å². The largest absolute Gasteiger partial charge is 0.496 e. The van der Waals surface area contributed by atoms with Gasteiger partial charge in [-0.2, -0.15) is 0 Å². The first-order chi connectivity index (χ1) is 17.9. The van der Waals surface area contributed by atoms with Gasteiger partial charge in [0.25, 0.3) is 0 Å². The van der Waals surface area contributed by atoms with E-state index >= 15 is 0 Å². The van der Waals surface area contributed by atoms with Crippen LogP contribution in [-0.4, -0.2) is 83.9 Å². The van der Waals surface area contributed by atoms with Crippen molar-refractivity contribution in [2.45, 2.75) is 52.2 Å². The van der Waals surface area contributed by atoms with Crippen molar-refractivity contribution in [2.75, 3.05) is 51.4 Å². The van der Waals surface area contributed by atoms with E-state index in [0.717, 1.165) is 86.2 Å². The summed E-state index contributed by atoms with van der Waals surface area (Å²) in [6.45, 7) is 11.4. The molecule has 5 rings (SSSR count). The van der Waals surface area contributed by atoms with Crippen molar-refractivity contribution in [2.24, 2.45) is 0 Å². The molecule has 2 aliphatic heterocycles. The lowest BCUT2D eigenvalue weighted by atomic mass is 10.0. The summed E-state index contributed by atoms with van der Waals surface area (Å²) < 4.78 is 18.7. The number of carbonyl (C=O) groups excluding carboxylic acids is 1. The maximum Gasteiger partial charge on any atom is 0.310 e. The van der Waals surface area contributed by atoms with E-state index in [0.29, 0.717) is 11.8 Å². The number of hydrogen-bond donors (Lipinski definition) is 0. The Kier molecular flexibility index (Phi) is 7.62. The topological polar surface area (TPSA) is 81.4 Å². The van der Waals surface area contributed by atoms with E-state index in [1.807, 2.05) is 51.4 Å². The highest BCUT2D eigenvalue weighted by Crippen LogP contribution is 2.34. The molecule has 2 aromatic heterocycles. The number of carbonyl (C=O) groups is 1. The second-order valence-corrected chi connectivity index (χ2v) is 10.1. The number of fused-ring (bicyclic) bond motifs is 1. The Balaban J connectivity index is 1.43. The summed E-state index contributed by atoms with van der Waals surface area (Å²) in [5.41, 5.74) is 4.50. The number of methoxy groups -OCH3 is 1. The monoisotopic (exact) mass is 507 g/mol. The van der Waals surface area contributed by atoms with Gasteiger partial charge in [0.15, 0.2) is 0 Å². The molecule has 0 aliphatic carbocycles. The van der Waals surface area contributed by atoms with Crippen LogP contribution in [0.2, 0.25) is 0 Å².